The van der Waals surface area contributed by atoms with E-state index in [0.29, 0.717) is 18.7 Å². The molecule has 1 amide bonds. The number of fused-ring (bicyclic) bond motifs is 1. The molecule has 164 valence electrons. The predicted molar refractivity (Wildman–Crippen MR) is 99.1 cm³/mol. The molecule has 30 heavy (non-hydrogen) atoms. The molecule has 1 N–H and O–H groups in total. The summed E-state index contributed by atoms with van der Waals surface area (Å²) in [4.78, 5) is 25.4. The first-order chi connectivity index (χ1) is 13.9. The first-order valence-corrected chi connectivity index (χ1v) is 8.93. The summed E-state index contributed by atoms with van der Waals surface area (Å²) in [5, 5.41) is 11.7. The fourth-order valence-electron chi connectivity index (χ4n) is 3.03. The number of alkyl halides is 3. The van der Waals surface area contributed by atoms with Gasteiger partial charge in [0.2, 0.25) is 0 Å². The molecular weight excluding hydrogens is 408 g/mol. The van der Waals surface area contributed by atoms with Crippen LogP contribution < -0.4 is 0 Å². The Morgan fingerprint density at radius 1 is 1.20 bits per heavy atom. The molecule has 0 atom stereocenters. The van der Waals surface area contributed by atoms with Crippen LogP contribution in [0, 0.1) is 5.82 Å². The average molecular weight is 430 g/mol. The minimum atomic E-state index is -5.08. The number of amides is 1. The van der Waals surface area contributed by atoms with E-state index >= 15 is 0 Å². The van der Waals surface area contributed by atoms with Crippen LogP contribution in [0.5, 0.6) is 0 Å². The number of carbonyl (C=O) groups excluding carboxylic acids is 1. The number of aliphatic carboxylic acids is 1. The van der Waals surface area contributed by atoms with Crippen molar-refractivity contribution in [2.24, 2.45) is 7.05 Å². The molecule has 0 fully saturated rings. The molecule has 11 heteroatoms. The Bertz CT molecular complexity index is 908. The summed E-state index contributed by atoms with van der Waals surface area (Å²) >= 11 is 0. The Morgan fingerprint density at radius 3 is 2.27 bits per heavy atom. The molecule has 0 aliphatic carbocycles. The van der Waals surface area contributed by atoms with Crippen LogP contribution in [0.3, 0.4) is 0 Å². The van der Waals surface area contributed by atoms with Gasteiger partial charge in [0, 0.05) is 31.3 Å². The zero-order valence-corrected chi connectivity index (χ0v) is 16.7. The predicted octanol–water partition coefficient (Wildman–Crippen LogP) is 2.45. The number of nitrogens with zero attached hydrogens (tertiary/aromatic N) is 4. The van der Waals surface area contributed by atoms with E-state index in [1.165, 1.54) is 29.8 Å². The Morgan fingerprint density at radius 2 is 1.77 bits per heavy atom. The smallest absolute Gasteiger partial charge is 0.475 e. The number of aromatic nitrogens is 2. The van der Waals surface area contributed by atoms with E-state index in [9.17, 15) is 22.4 Å². The number of halogens is 4. The molecule has 7 nitrogen and oxygen atoms in total. The van der Waals surface area contributed by atoms with Gasteiger partial charge in [-0.3, -0.25) is 9.48 Å². The average Bonchev–Trinajstić information content (AvgIpc) is 2.96. The van der Waals surface area contributed by atoms with Crippen molar-refractivity contribution in [2.75, 3.05) is 20.6 Å². The highest BCUT2D eigenvalue weighted by Gasteiger charge is 2.38. The summed E-state index contributed by atoms with van der Waals surface area (Å²) in [7, 11) is 5.96. The van der Waals surface area contributed by atoms with E-state index in [1.807, 2.05) is 25.8 Å². The third-order valence-electron chi connectivity index (χ3n) is 4.42. The maximum Gasteiger partial charge on any atom is 0.490 e. The van der Waals surface area contributed by atoms with E-state index in [1.54, 1.807) is 4.90 Å². The molecule has 0 bridgehead atoms. The Balaban J connectivity index is 0.000000396. The lowest BCUT2D eigenvalue weighted by Gasteiger charge is -2.28. The first-order valence-electron chi connectivity index (χ1n) is 8.93. The van der Waals surface area contributed by atoms with Crippen molar-refractivity contribution in [2.45, 2.75) is 25.7 Å². The van der Waals surface area contributed by atoms with E-state index in [2.05, 4.69) is 10.00 Å². The summed E-state index contributed by atoms with van der Waals surface area (Å²) in [5.41, 5.74) is 3.94. The molecule has 1 aliphatic heterocycles. The molecule has 0 spiro atoms. The Labute approximate surface area is 170 Å². The largest absolute Gasteiger partial charge is 0.490 e. The molecule has 3 rings (SSSR count). The summed E-state index contributed by atoms with van der Waals surface area (Å²) in [6, 6.07) is 5.71. The normalized spacial score (nSPS) is 13.5. The summed E-state index contributed by atoms with van der Waals surface area (Å²) in [5.74, 6) is -3.15. The van der Waals surface area contributed by atoms with E-state index in [-0.39, 0.29) is 11.7 Å². The third-order valence-corrected chi connectivity index (χ3v) is 4.42. The van der Waals surface area contributed by atoms with Gasteiger partial charge < -0.3 is 14.9 Å². The molecule has 1 aromatic heterocycles. The Hall–Kier alpha value is -2.95. The summed E-state index contributed by atoms with van der Waals surface area (Å²) in [6.45, 7) is 2.01. The number of aryl methyl sites for hydroxylation is 1. The van der Waals surface area contributed by atoms with E-state index in [4.69, 9.17) is 9.90 Å². The maximum absolute atomic E-state index is 13.0. The fraction of sp³-hybridized carbons (Fsp3) is 0.421. The minimum Gasteiger partial charge on any atom is -0.475 e. The van der Waals surface area contributed by atoms with Gasteiger partial charge in [-0.25, -0.2) is 9.18 Å². The van der Waals surface area contributed by atoms with Gasteiger partial charge >= 0.3 is 12.1 Å². The zero-order chi connectivity index (χ0) is 22.6. The molecule has 1 aliphatic rings. The second-order valence-electron chi connectivity index (χ2n) is 7.02. The lowest BCUT2D eigenvalue weighted by atomic mass is 10.0. The highest BCUT2D eigenvalue weighted by atomic mass is 19.4. The van der Waals surface area contributed by atoms with E-state index in [0.717, 1.165) is 24.4 Å². The molecule has 0 saturated heterocycles. The summed E-state index contributed by atoms with van der Waals surface area (Å²) < 4.78 is 46.6. The number of hydrogen-bond acceptors (Lipinski definition) is 4. The van der Waals surface area contributed by atoms with Gasteiger partial charge in [0.05, 0.1) is 17.9 Å². The topological polar surface area (TPSA) is 78.7 Å². The van der Waals surface area contributed by atoms with Gasteiger partial charge in [-0.15, -0.1) is 0 Å². The van der Waals surface area contributed by atoms with Crippen LogP contribution in [-0.4, -0.2) is 63.4 Å². The lowest BCUT2D eigenvalue weighted by Crippen LogP contribution is -2.36. The molecule has 0 radical (unpaired) electrons. The van der Waals surface area contributed by atoms with Crippen molar-refractivity contribution in [3.05, 3.63) is 52.6 Å². The van der Waals surface area contributed by atoms with Gasteiger partial charge in [0.25, 0.3) is 5.91 Å². The van der Waals surface area contributed by atoms with Crippen LogP contribution in [0.2, 0.25) is 0 Å². The SMILES string of the molecule is CN(C)Cc1nn(C)c2c1CCN(C(=O)c1ccc(F)cc1)C2.O=C(O)C(F)(F)F. The quantitative estimate of drug-likeness (QED) is 0.757. The first kappa shape index (κ1) is 23.3. The lowest BCUT2D eigenvalue weighted by molar-refractivity contribution is -0.192. The van der Waals surface area contributed by atoms with Crippen molar-refractivity contribution < 1.29 is 32.3 Å². The van der Waals surface area contributed by atoms with Gasteiger partial charge in [0.15, 0.2) is 0 Å². The molecule has 0 saturated carbocycles. The monoisotopic (exact) mass is 430 g/mol. The number of carboxylic acid groups (broad SMARTS) is 1. The molecule has 1 aromatic carbocycles. The summed E-state index contributed by atoms with van der Waals surface area (Å²) in [6.07, 6.45) is -4.28. The van der Waals surface area contributed by atoms with Crippen LogP contribution in [0.1, 0.15) is 27.3 Å². The van der Waals surface area contributed by atoms with Crippen LogP contribution in [0.25, 0.3) is 0 Å². The molecule has 2 aromatic rings. The van der Waals surface area contributed by atoms with Crippen LogP contribution in [-0.2, 0) is 31.4 Å². The van der Waals surface area contributed by atoms with Crippen molar-refractivity contribution in [1.29, 1.82) is 0 Å². The molecule has 0 unspecified atom stereocenters. The van der Waals surface area contributed by atoms with Crippen molar-refractivity contribution in [3.63, 3.8) is 0 Å². The van der Waals surface area contributed by atoms with Crippen molar-refractivity contribution in [3.8, 4) is 0 Å². The number of rotatable bonds is 3. The number of benzene rings is 1. The van der Waals surface area contributed by atoms with Gasteiger partial charge in [-0.1, -0.05) is 0 Å². The second kappa shape index (κ2) is 9.24. The highest BCUT2D eigenvalue weighted by Crippen LogP contribution is 2.24. The van der Waals surface area contributed by atoms with Crippen LogP contribution in [0.4, 0.5) is 17.6 Å². The van der Waals surface area contributed by atoms with Crippen molar-refractivity contribution in [1.82, 2.24) is 19.6 Å². The van der Waals surface area contributed by atoms with E-state index < -0.39 is 12.1 Å². The van der Waals surface area contributed by atoms with Gasteiger partial charge in [0.1, 0.15) is 5.82 Å². The Kier molecular flexibility index (Phi) is 7.19. The van der Waals surface area contributed by atoms with Crippen molar-refractivity contribution >= 4 is 11.9 Å². The third kappa shape index (κ3) is 5.78. The molecular formula is C19H22F4N4O3. The number of carbonyl (C=O) groups is 2. The maximum atomic E-state index is 13.0. The highest BCUT2D eigenvalue weighted by molar-refractivity contribution is 5.94. The van der Waals surface area contributed by atoms with Gasteiger partial charge in [-0.2, -0.15) is 18.3 Å². The zero-order valence-electron chi connectivity index (χ0n) is 16.7. The standard InChI is InChI=1S/C17H21FN4O.C2HF3O2/c1-20(2)10-15-14-8-9-22(11-16(14)21(3)19-15)17(23)12-4-6-13(18)7-5-12;3-2(4,5)1(6)7/h4-7H,8-11H2,1-3H3;(H,6,7). The van der Waals surface area contributed by atoms with Crippen LogP contribution >= 0.6 is 0 Å². The fourth-order valence-corrected chi connectivity index (χ4v) is 3.03. The van der Waals surface area contributed by atoms with Crippen LogP contribution in [0.15, 0.2) is 24.3 Å². The molecule has 2 heterocycles. The van der Waals surface area contributed by atoms with Gasteiger partial charge in [-0.05, 0) is 44.8 Å². The number of carboxylic acids is 1. The second-order valence-corrected chi connectivity index (χ2v) is 7.02. The minimum absolute atomic E-state index is 0.0639. The number of hydrogen-bond donors (Lipinski definition) is 1.